The maximum absolute atomic E-state index is 11.8. The van der Waals surface area contributed by atoms with Gasteiger partial charge in [0.25, 0.3) is 0 Å². The first kappa shape index (κ1) is 13.3. The number of carbonyl (C=O) groups is 1. The van der Waals surface area contributed by atoms with E-state index in [9.17, 15) is 4.79 Å². The fraction of sp³-hybridized carbons (Fsp3) is 0.917. The number of urea groups is 1. The number of aliphatic hydroxyl groups excluding tert-OH is 1. The maximum Gasteiger partial charge on any atom is 0.317 e. The molecule has 94 valence electrons. The zero-order valence-electron chi connectivity index (χ0n) is 10.6. The van der Waals surface area contributed by atoms with E-state index in [4.69, 9.17) is 5.11 Å². The zero-order chi connectivity index (χ0) is 12.1. The molecule has 1 aliphatic rings. The van der Waals surface area contributed by atoms with Crippen molar-refractivity contribution in [2.24, 2.45) is 5.92 Å². The van der Waals surface area contributed by atoms with Crippen LogP contribution in [0.3, 0.4) is 0 Å². The number of nitrogens with one attached hydrogen (secondary N) is 1. The SMILES string of the molecule is CC(O)CCN(C)C(=O)NC1CCCC1C. The molecule has 0 radical (unpaired) electrons. The molecular formula is C12H24N2O2. The van der Waals surface area contributed by atoms with E-state index >= 15 is 0 Å². The second-order valence-electron chi connectivity index (χ2n) is 5.02. The van der Waals surface area contributed by atoms with Crippen LogP contribution in [-0.4, -0.2) is 41.8 Å². The maximum atomic E-state index is 11.8. The van der Waals surface area contributed by atoms with Crippen molar-refractivity contribution in [3.63, 3.8) is 0 Å². The summed E-state index contributed by atoms with van der Waals surface area (Å²) in [7, 11) is 1.78. The Morgan fingerprint density at radius 3 is 2.75 bits per heavy atom. The van der Waals surface area contributed by atoms with Gasteiger partial charge in [0.2, 0.25) is 0 Å². The highest BCUT2D eigenvalue weighted by Crippen LogP contribution is 2.24. The second kappa shape index (κ2) is 6.09. The van der Waals surface area contributed by atoms with Gasteiger partial charge in [-0.1, -0.05) is 13.3 Å². The lowest BCUT2D eigenvalue weighted by atomic mass is 10.1. The molecule has 0 aliphatic heterocycles. The molecule has 0 heterocycles. The number of aliphatic hydroxyl groups is 1. The quantitative estimate of drug-likeness (QED) is 0.767. The molecule has 3 unspecified atom stereocenters. The van der Waals surface area contributed by atoms with Crippen LogP contribution in [0, 0.1) is 5.92 Å². The highest BCUT2D eigenvalue weighted by atomic mass is 16.3. The van der Waals surface area contributed by atoms with Gasteiger partial charge < -0.3 is 15.3 Å². The van der Waals surface area contributed by atoms with E-state index in [1.54, 1.807) is 18.9 Å². The van der Waals surface area contributed by atoms with E-state index < -0.39 is 0 Å². The highest BCUT2D eigenvalue weighted by Gasteiger charge is 2.25. The van der Waals surface area contributed by atoms with Crippen molar-refractivity contribution >= 4 is 6.03 Å². The number of hydrogen-bond acceptors (Lipinski definition) is 2. The molecule has 0 saturated heterocycles. The summed E-state index contributed by atoms with van der Waals surface area (Å²) in [6, 6.07) is 0.320. The fourth-order valence-corrected chi connectivity index (χ4v) is 2.11. The first-order valence-corrected chi connectivity index (χ1v) is 6.20. The smallest absolute Gasteiger partial charge is 0.317 e. The van der Waals surface area contributed by atoms with Gasteiger partial charge in [-0.15, -0.1) is 0 Å². The molecule has 2 amide bonds. The number of hydrogen-bond donors (Lipinski definition) is 2. The first-order chi connectivity index (χ1) is 7.50. The van der Waals surface area contributed by atoms with E-state index in [1.807, 2.05) is 0 Å². The van der Waals surface area contributed by atoms with Gasteiger partial charge in [0.05, 0.1) is 6.10 Å². The van der Waals surface area contributed by atoms with Crippen molar-refractivity contribution in [1.29, 1.82) is 0 Å². The summed E-state index contributed by atoms with van der Waals surface area (Å²) in [6.45, 7) is 4.53. The Hall–Kier alpha value is -0.770. The van der Waals surface area contributed by atoms with Crippen molar-refractivity contribution in [2.75, 3.05) is 13.6 Å². The molecule has 1 aliphatic carbocycles. The Morgan fingerprint density at radius 2 is 2.25 bits per heavy atom. The molecule has 1 fully saturated rings. The lowest BCUT2D eigenvalue weighted by Gasteiger charge is -2.23. The predicted octanol–water partition coefficient (Wildman–Crippen LogP) is 1.59. The number of amides is 2. The van der Waals surface area contributed by atoms with Crippen LogP contribution in [0.25, 0.3) is 0 Å². The van der Waals surface area contributed by atoms with Gasteiger partial charge in [-0.05, 0) is 32.1 Å². The van der Waals surface area contributed by atoms with E-state index in [-0.39, 0.29) is 12.1 Å². The molecule has 2 N–H and O–H groups in total. The van der Waals surface area contributed by atoms with Crippen molar-refractivity contribution in [3.8, 4) is 0 Å². The summed E-state index contributed by atoms with van der Waals surface area (Å²) in [4.78, 5) is 13.4. The molecule has 1 rings (SSSR count). The third kappa shape index (κ3) is 4.00. The monoisotopic (exact) mass is 228 g/mol. The topological polar surface area (TPSA) is 52.6 Å². The molecule has 3 atom stereocenters. The largest absolute Gasteiger partial charge is 0.393 e. The van der Waals surface area contributed by atoms with Gasteiger partial charge in [0.1, 0.15) is 0 Å². The van der Waals surface area contributed by atoms with Gasteiger partial charge in [-0.25, -0.2) is 4.79 Å². The third-order valence-electron chi connectivity index (χ3n) is 3.40. The number of carbonyl (C=O) groups excluding carboxylic acids is 1. The number of nitrogens with zero attached hydrogens (tertiary/aromatic N) is 1. The van der Waals surface area contributed by atoms with Crippen LogP contribution in [0.5, 0.6) is 0 Å². The van der Waals surface area contributed by atoms with Gasteiger partial charge >= 0.3 is 6.03 Å². The minimum atomic E-state index is -0.347. The zero-order valence-corrected chi connectivity index (χ0v) is 10.6. The van der Waals surface area contributed by atoms with Crippen molar-refractivity contribution < 1.29 is 9.90 Å². The van der Waals surface area contributed by atoms with Crippen LogP contribution < -0.4 is 5.32 Å². The van der Waals surface area contributed by atoms with Crippen LogP contribution in [0.2, 0.25) is 0 Å². The van der Waals surface area contributed by atoms with Crippen molar-refractivity contribution in [2.45, 2.75) is 51.7 Å². The molecule has 16 heavy (non-hydrogen) atoms. The molecule has 4 heteroatoms. The standard InChI is InChI=1S/C12H24N2O2/c1-9-5-4-6-11(9)13-12(16)14(3)8-7-10(2)15/h9-11,15H,4-8H2,1-3H3,(H,13,16). The molecule has 1 saturated carbocycles. The normalized spacial score (nSPS) is 26.5. The molecule has 0 aromatic heterocycles. The van der Waals surface area contributed by atoms with Gasteiger partial charge in [-0.2, -0.15) is 0 Å². The first-order valence-electron chi connectivity index (χ1n) is 6.20. The Kier molecular flexibility index (Phi) is 5.06. The van der Waals surface area contributed by atoms with Crippen LogP contribution >= 0.6 is 0 Å². The summed E-state index contributed by atoms with van der Waals surface area (Å²) in [5.41, 5.74) is 0. The van der Waals surface area contributed by atoms with E-state index in [0.717, 1.165) is 6.42 Å². The predicted molar refractivity (Wildman–Crippen MR) is 64.3 cm³/mol. The minimum Gasteiger partial charge on any atom is -0.393 e. The molecule has 0 aromatic carbocycles. The summed E-state index contributed by atoms with van der Waals surface area (Å²) >= 11 is 0. The van der Waals surface area contributed by atoms with Gasteiger partial charge in [-0.3, -0.25) is 0 Å². The van der Waals surface area contributed by atoms with Crippen LogP contribution in [-0.2, 0) is 0 Å². The van der Waals surface area contributed by atoms with Gasteiger partial charge in [0.15, 0.2) is 0 Å². The average molecular weight is 228 g/mol. The minimum absolute atomic E-state index is 0.0144. The van der Waals surface area contributed by atoms with Crippen LogP contribution in [0.4, 0.5) is 4.79 Å². The van der Waals surface area contributed by atoms with Crippen molar-refractivity contribution in [3.05, 3.63) is 0 Å². The third-order valence-corrected chi connectivity index (χ3v) is 3.40. The van der Waals surface area contributed by atoms with Crippen LogP contribution in [0.1, 0.15) is 39.5 Å². The Labute approximate surface area is 98.0 Å². The summed E-state index contributed by atoms with van der Waals surface area (Å²) < 4.78 is 0. The molecule has 4 nitrogen and oxygen atoms in total. The molecule has 0 bridgehead atoms. The molecule has 0 aromatic rings. The average Bonchev–Trinajstić information content (AvgIpc) is 2.60. The van der Waals surface area contributed by atoms with Crippen molar-refractivity contribution in [1.82, 2.24) is 10.2 Å². The molecule has 0 spiro atoms. The number of rotatable bonds is 4. The highest BCUT2D eigenvalue weighted by molar-refractivity contribution is 5.74. The Bertz CT molecular complexity index is 231. The fourth-order valence-electron chi connectivity index (χ4n) is 2.11. The Balaban J connectivity index is 2.28. The van der Waals surface area contributed by atoms with Gasteiger partial charge in [0, 0.05) is 19.6 Å². The van der Waals surface area contributed by atoms with Crippen LogP contribution in [0.15, 0.2) is 0 Å². The summed E-state index contributed by atoms with van der Waals surface area (Å²) in [5.74, 6) is 0.592. The van der Waals surface area contributed by atoms with E-state index in [1.165, 1.54) is 12.8 Å². The lowest BCUT2D eigenvalue weighted by molar-refractivity contribution is 0.161. The Morgan fingerprint density at radius 1 is 1.56 bits per heavy atom. The van der Waals surface area contributed by atoms with E-state index in [2.05, 4.69) is 12.2 Å². The lowest BCUT2D eigenvalue weighted by Crippen LogP contribution is -2.44. The summed E-state index contributed by atoms with van der Waals surface area (Å²) in [5, 5.41) is 12.2. The summed E-state index contributed by atoms with van der Waals surface area (Å²) in [6.07, 6.45) is 3.80. The second-order valence-corrected chi connectivity index (χ2v) is 5.02. The van der Waals surface area contributed by atoms with E-state index in [0.29, 0.717) is 24.9 Å². The molecular weight excluding hydrogens is 204 g/mol.